The Morgan fingerprint density at radius 1 is 1.00 bits per heavy atom. The second-order valence-electron chi connectivity index (χ2n) is 7.28. The van der Waals surface area contributed by atoms with Crippen molar-refractivity contribution < 1.29 is 9.18 Å². The van der Waals surface area contributed by atoms with Gasteiger partial charge in [0.1, 0.15) is 5.82 Å². The maximum absolute atomic E-state index is 13.5. The van der Waals surface area contributed by atoms with Gasteiger partial charge in [-0.05, 0) is 48.7 Å². The summed E-state index contributed by atoms with van der Waals surface area (Å²) in [5.74, 6) is 0.369. The van der Waals surface area contributed by atoms with Gasteiger partial charge in [-0.3, -0.25) is 9.36 Å². The fourth-order valence-corrected chi connectivity index (χ4v) is 4.22. The van der Waals surface area contributed by atoms with E-state index in [0.717, 1.165) is 34.5 Å². The number of anilines is 1. The van der Waals surface area contributed by atoms with E-state index in [2.05, 4.69) is 22.4 Å². The van der Waals surface area contributed by atoms with E-state index in [1.807, 2.05) is 60.0 Å². The van der Waals surface area contributed by atoms with Gasteiger partial charge in [0.15, 0.2) is 11.0 Å². The third-order valence-electron chi connectivity index (χ3n) is 5.09. The highest BCUT2D eigenvalue weighted by Gasteiger charge is 2.18. The van der Waals surface area contributed by atoms with Gasteiger partial charge in [0, 0.05) is 16.9 Å². The van der Waals surface area contributed by atoms with Crippen LogP contribution in [0.25, 0.3) is 17.1 Å². The van der Waals surface area contributed by atoms with E-state index < -0.39 is 0 Å². The number of aryl methyl sites for hydroxylation is 2. The average Bonchev–Trinajstić information content (AvgIpc) is 3.24. The third kappa shape index (κ3) is 4.73. The Kier molecular flexibility index (Phi) is 6.66. The number of nitrogens with zero attached hydrogens (tertiary/aromatic N) is 3. The van der Waals surface area contributed by atoms with Gasteiger partial charge in [-0.1, -0.05) is 67.2 Å². The van der Waals surface area contributed by atoms with Crippen molar-refractivity contribution in [2.75, 3.05) is 11.1 Å². The Morgan fingerprint density at radius 3 is 2.47 bits per heavy atom. The number of hydrogen-bond donors (Lipinski definition) is 1. The number of benzene rings is 3. The summed E-state index contributed by atoms with van der Waals surface area (Å²) in [5.41, 5.74) is 4.61. The summed E-state index contributed by atoms with van der Waals surface area (Å²) in [5, 5.41) is 12.3. The number of para-hydroxylation sites is 1. The highest BCUT2D eigenvalue weighted by Crippen LogP contribution is 2.28. The minimum Gasteiger partial charge on any atom is -0.325 e. The molecule has 1 aromatic heterocycles. The van der Waals surface area contributed by atoms with E-state index >= 15 is 0 Å². The zero-order chi connectivity index (χ0) is 22.5. The molecule has 1 heterocycles. The standard InChI is InChI=1S/C25H23FN4OS/c1-3-18-11-7-8-17(2)23(18)27-22(31)16-32-25-29-28-24(19-9-5-4-6-10-19)30(25)21-14-12-20(26)13-15-21/h4-15H,3,16H2,1-2H3,(H,27,31). The van der Waals surface area contributed by atoms with E-state index in [0.29, 0.717) is 11.0 Å². The maximum Gasteiger partial charge on any atom is 0.234 e. The largest absolute Gasteiger partial charge is 0.325 e. The van der Waals surface area contributed by atoms with Crippen molar-refractivity contribution in [1.82, 2.24) is 14.8 Å². The molecule has 0 fully saturated rings. The lowest BCUT2D eigenvalue weighted by atomic mass is 10.1. The van der Waals surface area contributed by atoms with Crippen LogP contribution in [0.3, 0.4) is 0 Å². The van der Waals surface area contributed by atoms with Crippen molar-refractivity contribution in [2.24, 2.45) is 0 Å². The topological polar surface area (TPSA) is 59.8 Å². The predicted octanol–water partition coefficient (Wildman–Crippen LogP) is 5.68. The van der Waals surface area contributed by atoms with Crippen LogP contribution >= 0.6 is 11.8 Å². The van der Waals surface area contributed by atoms with Gasteiger partial charge < -0.3 is 5.32 Å². The molecule has 0 radical (unpaired) electrons. The number of rotatable bonds is 7. The Bertz CT molecular complexity index is 1220. The third-order valence-corrected chi connectivity index (χ3v) is 6.02. The molecule has 1 N–H and O–H groups in total. The molecule has 1 amide bonds. The molecule has 5 nitrogen and oxygen atoms in total. The molecule has 32 heavy (non-hydrogen) atoms. The van der Waals surface area contributed by atoms with Gasteiger partial charge in [-0.25, -0.2) is 4.39 Å². The lowest BCUT2D eigenvalue weighted by Gasteiger charge is -2.13. The zero-order valence-corrected chi connectivity index (χ0v) is 18.7. The van der Waals surface area contributed by atoms with Crippen molar-refractivity contribution in [1.29, 1.82) is 0 Å². The molecule has 0 atom stereocenters. The van der Waals surface area contributed by atoms with Crippen molar-refractivity contribution in [3.63, 3.8) is 0 Å². The summed E-state index contributed by atoms with van der Waals surface area (Å²) in [6.45, 7) is 4.05. The van der Waals surface area contributed by atoms with Crippen LogP contribution in [0.4, 0.5) is 10.1 Å². The smallest absolute Gasteiger partial charge is 0.234 e. The summed E-state index contributed by atoms with van der Waals surface area (Å²) in [4.78, 5) is 12.7. The lowest BCUT2D eigenvalue weighted by Crippen LogP contribution is -2.16. The van der Waals surface area contributed by atoms with Crippen molar-refractivity contribution in [2.45, 2.75) is 25.4 Å². The van der Waals surface area contributed by atoms with Crippen molar-refractivity contribution >= 4 is 23.4 Å². The highest BCUT2D eigenvalue weighted by molar-refractivity contribution is 7.99. The number of thioether (sulfide) groups is 1. The number of carbonyl (C=O) groups excluding carboxylic acids is 1. The molecule has 4 aromatic rings. The number of nitrogens with one attached hydrogen (secondary N) is 1. The second kappa shape index (κ2) is 9.78. The van der Waals surface area contributed by atoms with E-state index in [1.165, 1.54) is 23.9 Å². The van der Waals surface area contributed by atoms with E-state index in [9.17, 15) is 9.18 Å². The van der Waals surface area contributed by atoms with Gasteiger partial charge in [0.25, 0.3) is 0 Å². The Labute approximate surface area is 190 Å². The molecule has 0 spiro atoms. The first-order chi connectivity index (χ1) is 15.6. The van der Waals surface area contributed by atoms with E-state index in [4.69, 9.17) is 0 Å². The summed E-state index contributed by atoms with van der Waals surface area (Å²) in [6.07, 6.45) is 0.837. The summed E-state index contributed by atoms with van der Waals surface area (Å²) in [6, 6.07) is 21.8. The molecular weight excluding hydrogens is 423 g/mol. The molecule has 162 valence electrons. The molecule has 0 unspecified atom stereocenters. The minimum atomic E-state index is -0.318. The van der Waals surface area contributed by atoms with Crippen LogP contribution in [0.1, 0.15) is 18.1 Å². The van der Waals surface area contributed by atoms with Crippen molar-refractivity contribution in [3.05, 3.63) is 89.7 Å². The second-order valence-corrected chi connectivity index (χ2v) is 8.23. The number of aromatic nitrogens is 3. The predicted molar refractivity (Wildman–Crippen MR) is 127 cm³/mol. The molecule has 0 bridgehead atoms. The monoisotopic (exact) mass is 446 g/mol. The van der Waals surface area contributed by atoms with Gasteiger partial charge in [-0.15, -0.1) is 10.2 Å². The van der Waals surface area contributed by atoms with Crippen LogP contribution in [-0.4, -0.2) is 26.4 Å². The van der Waals surface area contributed by atoms with Crippen LogP contribution in [0, 0.1) is 12.7 Å². The SMILES string of the molecule is CCc1cccc(C)c1NC(=O)CSc1nnc(-c2ccccc2)n1-c1ccc(F)cc1. The first kappa shape index (κ1) is 21.8. The molecule has 0 aliphatic carbocycles. The van der Waals surface area contributed by atoms with Gasteiger partial charge >= 0.3 is 0 Å². The summed E-state index contributed by atoms with van der Waals surface area (Å²) < 4.78 is 15.4. The van der Waals surface area contributed by atoms with Gasteiger partial charge in [0.05, 0.1) is 5.75 Å². The average molecular weight is 447 g/mol. The fourth-order valence-electron chi connectivity index (χ4n) is 3.47. The molecular formula is C25H23FN4OS. The number of halogens is 1. The molecule has 4 rings (SSSR count). The Hall–Kier alpha value is -3.45. The quantitative estimate of drug-likeness (QED) is 0.371. The number of carbonyl (C=O) groups is 1. The zero-order valence-electron chi connectivity index (χ0n) is 17.9. The Balaban J connectivity index is 1.60. The number of amides is 1. The molecule has 0 aliphatic heterocycles. The summed E-state index contributed by atoms with van der Waals surface area (Å²) in [7, 11) is 0. The van der Waals surface area contributed by atoms with E-state index in [-0.39, 0.29) is 17.5 Å². The molecule has 3 aromatic carbocycles. The molecule has 0 saturated heterocycles. The van der Waals surface area contributed by atoms with Gasteiger partial charge in [0.2, 0.25) is 5.91 Å². The lowest BCUT2D eigenvalue weighted by molar-refractivity contribution is -0.113. The fraction of sp³-hybridized carbons (Fsp3) is 0.160. The van der Waals surface area contributed by atoms with Crippen LogP contribution < -0.4 is 5.32 Å². The van der Waals surface area contributed by atoms with Crippen LogP contribution in [0.2, 0.25) is 0 Å². The van der Waals surface area contributed by atoms with E-state index in [1.54, 1.807) is 12.1 Å². The number of hydrogen-bond acceptors (Lipinski definition) is 4. The van der Waals surface area contributed by atoms with Gasteiger partial charge in [-0.2, -0.15) is 0 Å². The minimum absolute atomic E-state index is 0.117. The Morgan fingerprint density at radius 2 is 1.75 bits per heavy atom. The van der Waals surface area contributed by atoms with Crippen LogP contribution in [0.5, 0.6) is 0 Å². The highest BCUT2D eigenvalue weighted by atomic mass is 32.2. The van der Waals surface area contributed by atoms with Crippen LogP contribution in [0.15, 0.2) is 78.0 Å². The maximum atomic E-state index is 13.5. The first-order valence-electron chi connectivity index (χ1n) is 10.3. The first-order valence-corrected chi connectivity index (χ1v) is 11.3. The summed E-state index contributed by atoms with van der Waals surface area (Å²) >= 11 is 1.29. The normalized spacial score (nSPS) is 10.8. The van der Waals surface area contributed by atoms with Crippen molar-refractivity contribution in [3.8, 4) is 17.1 Å². The molecule has 0 aliphatic rings. The molecule has 0 saturated carbocycles. The van der Waals surface area contributed by atoms with Crippen LogP contribution in [-0.2, 0) is 11.2 Å². The molecule has 7 heteroatoms.